The molecule has 4 heteroatoms. The highest BCUT2D eigenvalue weighted by Gasteiger charge is 2.02. The Kier molecular flexibility index (Phi) is 2.39. The van der Waals surface area contributed by atoms with Crippen molar-refractivity contribution in [3.05, 3.63) is 34.1 Å². The van der Waals surface area contributed by atoms with Crippen LogP contribution in [0.1, 0.15) is 5.56 Å². The molecular formula is C10H12N2OS. The summed E-state index contributed by atoms with van der Waals surface area (Å²) in [5, 5.41) is 0.789. The molecule has 1 heterocycles. The molecule has 0 bridgehead atoms. The Morgan fingerprint density at radius 1 is 1.43 bits per heavy atom. The van der Waals surface area contributed by atoms with E-state index in [-0.39, 0.29) is 5.56 Å². The maximum absolute atomic E-state index is 11.3. The van der Waals surface area contributed by atoms with Gasteiger partial charge in [0.1, 0.15) is 0 Å². The van der Waals surface area contributed by atoms with E-state index in [0.29, 0.717) is 0 Å². The number of H-pyrrole nitrogens is 1. The minimum absolute atomic E-state index is 0.0152. The number of aromatic amines is 1. The monoisotopic (exact) mass is 208 g/mol. The van der Waals surface area contributed by atoms with E-state index >= 15 is 0 Å². The summed E-state index contributed by atoms with van der Waals surface area (Å²) in [5.41, 5.74) is 1.25. The number of aromatic nitrogens is 1. The molecule has 3 nitrogen and oxygen atoms in total. The van der Waals surface area contributed by atoms with Gasteiger partial charge in [-0.3, -0.25) is 9.17 Å². The number of benzene rings is 1. The van der Waals surface area contributed by atoms with Crippen molar-refractivity contribution < 1.29 is 0 Å². The van der Waals surface area contributed by atoms with E-state index in [1.807, 2.05) is 26.2 Å². The van der Waals surface area contributed by atoms with E-state index in [0.717, 1.165) is 16.6 Å². The van der Waals surface area contributed by atoms with Crippen molar-refractivity contribution >= 4 is 21.6 Å². The van der Waals surface area contributed by atoms with Crippen molar-refractivity contribution in [1.82, 2.24) is 9.27 Å². The van der Waals surface area contributed by atoms with Gasteiger partial charge in [-0.25, -0.2) is 0 Å². The van der Waals surface area contributed by atoms with E-state index in [4.69, 9.17) is 0 Å². The first-order chi connectivity index (χ1) is 6.66. The molecule has 1 aromatic heterocycles. The summed E-state index contributed by atoms with van der Waals surface area (Å²) in [7, 11) is 4.06. The molecule has 2 rings (SSSR count). The fourth-order valence-corrected chi connectivity index (χ4v) is 2.25. The number of rotatable bonds is 2. The van der Waals surface area contributed by atoms with Gasteiger partial charge < -0.3 is 4.90 Å². The molecule has 0 aliphatic carbocycles. The van der Waals surface area contributed by atoms with Crippen LogP contribution in [0.15, 0.2) is 23.0 Å². The average Bonchev–Trinajstić information content (AvgIpc) is 2.46. The molecule has 0 saturated carbocycles. The summed E-state index contributed by atoms with van der Waals surface area (Å²) >= 11 is 1.40. The molecule has 1 N–H and O–H groups in total. The second kappa shape index (κ2) is 3.55. The van der Waals surface area contributed by atoms with Crippen molar-refractivity contribution in [2.24, 2.45) is 0 Å². The molecule has 0 radical (unpaired) electrons. The lowest BCUT2D eigenvalue weighted by molar-refractivity contribution is 0.403. The second-order valence-corrected chi connectivity index (χ2v) is 4.45. The van der Waals surface area contributed by atoms with Gasteiger partial charge in [-0.1, -0.05) is 17.6 Å². The highest BCUT2D eigenvalue weighted by molar-refractivity contribution is 7.13. The van der Waals surface area contributed by atoms with Crippen LogP contribution in [0.2, 0.25) is 0 Å². The van der Waals surface area contributed by atoms with E-state index in [9.17, 15) is 4.79 Å². The first-order valence-corrected chi connectivity index (χ1v) is 5.23. The summed E-state index contributed by atoms with van der Waals surface area (Å²) in [6.07, 6.45) is 0. The second-order valence-electron chi connectivity index (χ2n) is 3.60. The van der Waals surface area contributed by atoms with Gasteiger partial charge >= 0.3 is 0 Å². The zero-order chi connectivity index (χ0) is 10.1. The first kappa shape index (κ1) is 9.43. The quantitative estimate of drug-likeness (QED) is 0.814. The average molecular weight is 208 g/mol. The highest BCUT2D eigenvalue weighted by atomic mass is 32.1. The van der Waals surface area contributed by atoms with Crippen LogP contribution in [0.3, 0.4) is 0 Å². The van der Waals surface area contributed by atoms with Crippen LogP contribution < -0.4 is 5.56 Å². The minimum Gasteiger partial charge on any atom is -0.305 e. The SMILES string of the molecule is CN(C)Cc1ccc2c(=O)[nH]sc2c1. The van der Waals surface area contributed by atoms with Gasteiger partial charge in [0.2, 0.25) is 0 Å². The molecule has 0 aliphatic rings. The molecular weight excluding hydrogens is 196 g/mol. The van der Waals surface area contributed by atoms with Crippen LogP contribution in [0.4, 0.5) is 0 Å². The van der Waals surface area contributed by atoms with Crippen molar-refractivity contribution in [3.63, 3.8) is 0 Å². The van der Waals surface area contributed by atoms with E-state index in [1.54, 1.807) is 0 Å². The van der Waals surface area contributed by atoms with Gasteiger partial charge in [0.25, 0.3) is 5.56 Å². The van der Waals surface area contributed by atoms with Crippen LogP contribution in [0.5, 0.6) is 0 Å². The number of nitrogens with zero attached hydrogens (tertiary/aromatic N) is 1. The molecule has 0 amide bonds. The smallest absolute Gasteiger partial charge is 0.265 e. The van der Waals surface area contributed by atoms with Crippen LogP contribution >= 0.6 is 11.5 Å². The molecule has 0 fully saturated rings. The Labute approximate surface area is 86.1 Å². The largest absolute Gasteiger partial charge is 0.305 e. The number of hydrogen-bond acceptors (Lipinski definition) is 3. The molecule has 0 atom stereocenters. The lowest BCUT2D eigenvalue weighted by atomic mass is 10.2. The maximum Gasteiger partial charge on any atom is 0.265 e. The molecule has 1 aromatic carbocycles. The molecule has 0 unspecified atom stereocenters. The van der Waals surface area contributed by atoms with E-state index in [1.165, 1.54) is 17.1 Å². The minimum atomic E-state index is 0.0152. The lowest BCUT2D eigenvalue weighted by Gasteiger charge is -2.08. The van der Waals surface area contributed by atoms with Crippen molar-refractivity contribution in [3.8, 4) is 0 Å². The fourth-order valence-electron chi connectivity index (χ4n) is 1.46. The van der Waals surface area contributed by atoms with Crippen molar-refractivity contribution in [2.75, 3.05) is 14.1 Å². The Balaban J connectivity index is 2.47. The van der Waals surface area contributed by atoms with Crippen molar-refractivity contribution in [1.29, 1.82) is 0 Å². The molecule has 14 heavy (non-hydrogen) atoms. The van der Waals surface area contributed by atoms with Crippen LogP contribution in [0.25, 0.3) is 10.1 Å². The fraction of sp³-hybridized carbons (Fsp3) is 0.300. The summed E-state index contributed by atoms with van der Waals surface area (Å²) in [6.45, 7) is 0.905. The standard InChI is InChI=1S/C10H12N2OS/c1-12(2)6-7-3-4-8-9(5-7)14-11-10(8)13/h3-5H,6H2,1-2H3,(H,11,13). The number of nitrogens with one attached hydrogen (secondary N) is 1. The third kappa shape index (κ3) is 1.71. The molecule has 0 spiro atoms. The normalized spacial score (nSPS) is 11.4. The molecule has 0 saturated heterocycles. The zero-order valence-corrected chi connectivity index (χ0v) is 9.02. The Bertz CT molecular complexity index is 498. The topological polar surface area (TPSA) is 36.1 Å². The Morgan fingerprint density at radius 3 is 2.93 bits per heavy atom. The maximum atomic E-state index is 11.3. The van der Waals surface area contributed by atoms with Gasteiger partial charge in [0.05, 0.1) is 10.1 Å². The summed E-state index contributed by atoms with van der Waals surface area (Å²) in [6, 6.07) is 5.96. The van der Waals surface area contributed by atoms with E-state index in [2.05, 4.69) is 15.3 Å². The van der Waals surface area contributed by atoms with Crippen LogP contribution in [-0.4, -0.2) is 23.4 Å². The molecule has 2 aromatic rings. The number of hydrogen-bond donors (Lipinski definition) is 1. The van der Waals surface area contributed by atoms with Gasteiger partial charge in [-0.15, -0.1) is 0 Å². The molecule has 0 aliphatic heterocycles. The third-order valence-electron chi connectivity index (χ3n) is 2.04. The van der Waals surface area contributed by atoms with Gasteiger partial charge in [-0.2, -0.15) is 0 Å². The zero-order valence-electron chi connectivity index (χ0n) is 8.20. The number of fused-ring (bicyclic) bond motifs is 1. The lowest BCUT2D eigenvalue weighted by Crippen LogP contribution is -2.10. The Morgan fingerprint density at radius 2 is 2.21 bits per heavy atom. The summed E-state index contributed by atoms with van der Waals surface area (Å²) < 4.78 is 3.77. The first-order valence-electron chi connectivity index (χ1n) is 4.41. The van der Waals surface area contributed by atoms with Crippen LogP contribution in [-0.2, 0) is 6.54 Å². The molecule has 74 valence electrons. The van der Waals surface area contributed by atoms with Gasteiger partial charge in [0, 0.05) is 6.54 Å². The third-order valence-corrected chi connectivity index (χ3v) is 2.89. The Hall–Kier alpha value is -1.13. The van der Waals surface area contributed by atoms with Crippen molar-refractivity contribution in [2.45, 2.75) is 6.54 Å². The predicted molar refractivity (Wildman–Crippen MR) is 59.8 cm³/mol. The highest BCUT2D eigenvalue weighted by Crippen LogP contribution is 2.16. The van der Waals surface area contributed by atoms with Gasteiger partial charge in [0.15, 0.2) is 0 Å². The van der Waals surface area contributed by atoms with Crippen LogP contribution in [0, 0.1) is 0 Å². The summed E-state index contributed by atoms with van der Waals surface area (Å²) in [4.78, 5) is 13.4. The predicted octanol–water partition coefficient (Wildman–Crippen LogP) is 1.65. The van der Waals surface area contributed by atoms with E-state index < -0.39 is 0 Å². The summed E-state index contributed by atoms with van der Waals surface area (Å²) in [5.74, 6) is 0. The van der Waals surface area contributed by atoms with Gasteiger partial charge in [-0.05, 0) is 31.8 Å².